The van der Waals surface area contributed by atoms with E-state index >= 15 is 0 Å². The minimum absolute atomic E-state index is 0.0214. The van der Waals surface area contributed by atoms with Gasteiger partial charge in [0.1, 0.15) is 6.29 Å². The van der Waals surface area contributed by atoms with E-state index in [1.165, 1.54) is 0 Å². The zero-order chi connectivity index (χ0) is 13.2. The second-order valence-corrected chi connectivity index (χ2v) is 5.75. The standard InChI is InChI=1S/C15H20O3/c1-11(6-7-16)12-4-5-13-14(8-12)18-10-15(2,3)9-17-13/h4-5,7-8,11H,6,9-10H2,1-3H3. The average Bonchev–Trinajstić information content (AvgIpc) is 2.49. The van der Waals surface area contributed by atoms with Crippen molar-refractivity contribution in [2.75, 3.05) is 13.2 Å². The van der Waals surface area contributed by atoms with E-state index in [9.17, 15) is 4.79 Å². The third-order valence-corrected chi connectivity index (χ3v) is 3.22. The number of benzene rings is 1. The lowest BCUT2D eigenvalue weighted by atomic mass is 9.97. The molecule has 98 valence electrons. The van der Waals surface area contributed by atoms with Crippen LogP contribution in [0.3, 0.4) is 0 Å². The summed E-state index contributed by atoms with van der Waals surface area (Å²) < 4.78 is 11.6. The molecular formula is C15H20O3. The molecule has 0 fully saturated rings. The van der Waals surface area contributed by atoms with Crippen LogP contribution >= 0.6 is 0 Å². The van der Waals surface area contributed by atoms with Crippen molar-refractivity contribution in [3.8, 4) is 11.5 Å². The lowest BCUT2D eigenvalue weighted by molar-refractivity contribution is -0.108. The van der Waals surface area contributed by atoms with Crippen LogP contribution in [0.2, 0.25) is 0 Å². The second-order valence-electron chi connectivity index (χ2n) is 5.75. The molecule has 0 aliphatic carbocycles. The van der Waals surface area contributed by atoms with Crippen LogP contribution in [-0.4, -0.2) is 19.5 Å². The van der Waals surface area contributed by atoms with Crippen molar-refractivity contribution in [2.45, 2.75) is 33.1 Å². The summed E-state index contributed by atoms with van der Waals surface area (Å²) in [4.78, 5) is 10.6. The zero-order valence-corrected chi connectivity index (χ0v) is 11.2. The van der Waals surface area contributed by atoms with Gasteiger partial charge in [0.2, 0.25) is 0 Å². The summed E-state index contributed by atoms with van der Waals surface area (Å²) in [7, 11) is 0. The van der Waals surface area contributed by atoms with Crippen LogP contribution in [-0.2, 0) is 4.79 Å². The number of hydrogen-bond donors (Lipinski definition) is 0. The molecule has 0 saturated heterocycles. The van der Waals surface area contributed by atoms with Crippen molar-refractivity contribution in [3.63, 3.8) is 0 Å². The Balaban J connectivity index is 2.23. The largest absolute Gasteiger partial charge is 0.489 e. The van der Waals surface area contributed by atoms with Crippen molar-refractivity contribution in [1.29, 1.82) is 0 Å². The minimum atomic E-state index is 0.0214. The number of fused-ring (bicyclic) bond motifs is 1. The van der Waals surface area contributed by atoms with Crippen LogP contribution < -0.4 is 9.47 Å². The van der Waals surface area contributed by atoms with E-state index in [4.69, 9.17) is 9.47 Å². The molecule has 3 heteroatoms. The normalized spacial score (nSPS) is 18.8. The Bertz CT molecular complexity index is 437. The molecule has 1 aliphatic rings. The van der Waals surface area contributed by atoms with Crippen LogP contribution in [0.15, 0.2) is 18.2 Å². The number of hydrogen-bond acceptors (Lipinski definition) is 3. The summed E-state index contributed by atoms with van der Waals surface area (Å²) in [5.74, 6) is 1.80. The van der Waals surface area contributed by atoms with Crippen LogP contribution in [0.4, 0.5) is 0 Å². The molecule has 3 nitrogen and oxygen atoms in total. The summed E-state index contributed by atoms with van der Waals surface area (Å²) in [6, 6.07) is 5.94. The molecule has 0 radical (unpaired) electrons. The van der Waals surface area contributed by atoms with Crippen LogP contribution in [0.25, 0.3) is 0 Å². The SMILES string of the molecule is CC(CC=O)c1ccc2c(c1)OCC(C)(C)CO2. The highest BCUT2D eigenvalue weighted by molar-refractivity contribution is 5.52. The van der Waals surface area contributed by atoms with Crippen molar-refractivity contribution < 1.29 is 14.3 Å². The Kier molecular flexibility index (Phi) is 3.60. The molecule has 1 aromatic rings. The quantitative estimate of drug-likeness (QED) is 0.771. The predicted molar refractivity (Wildman–Crippen MR) is 70.3 cm³/mol. The van der Waals surface area contributed by atoms with Crippen LogP contribution in [0, 0.1) is 5.41 Å². The summed E-state index contributed by atoms with van der Waals surface area (Å²) >= 11 is 0. The maximum Gasteiger partial charge on any atom is 0.161 e. The molecule has 1 aromatic carbocycles. The Labute approximate surface area is 108 Å². The monoisotopic (exact) mass is 248 g/mol. The first-order chi connectivity index (χ1) is 8.52. The van der Waals surface area contributed by atoms with E-state index in [0.717, 1.165) is 23.3 Å². The molecule has 0 bridgehead atoms. The van der Waals surface area contributed by atoms with Crippen molar-refractivity contribution in [2.24, 2.45) is 5.41 Å². The number of ether oxygens (including phenoxy) is 2. The van der Waals surface area contributed by atoms with E-state index in [2.05, 4.69) is 13.8 Å². The van der Waals surface area contributed by atoms with E-state index in [-0.39, 0.29) is 11.3 Å². The van der Waals surface area contributed by atoms with Gasteiger partial charge in [-0.3, -0.25) is 0 Å². The predicted octanol–water partition coefficient (Wildman–Crippen LogP) is 3.18. The van der Waals surface area contributed by atoms with Gasteiger partial charge in [-0.25, -0.2) is 0 Å². The molecule has 0 saturated carbocycles. The molecule has 18 heavy (non-hydrogen) atoms. The van der Waals surface area contributed by atoms with Gasteiger partial charge in [0.15, 0.2) is 11.5 Å². The Hall–Kier alpha value is -1.51. The molecule has 1 heterocycles. The third-order valence-electron chi connectivity index (χ3n) is 3.22. The highest BCUT2D eigenvalue weighted by atomic mass is 16.5. The fourth-order valence-corrected chi connectivity index (χ4v) is 1.93. The fraction of sp³-hybridized carbons (Fsp3) is 0.533. The van der Waals surface area contributed by atoms with E-state index < -0.39 is 0 Å². The van der Waals surface area contributed by atoms with Gasteiger partial charge in [0, 0.05) is 11.8 Å². The van der Waals surface area contributed by atoms with Gasteiger partial charge in [0.25, 0.3) is 0 Å². The van der Waals surface area contributed by atoms with E-state index in [1.807, 2.05) is 25.1 Å². The Morgan fingerprint density at radius 2 is 1.94 bits per heavy atom. The first kappa shape index (κ1) is 12.9. The van der Waals surface area contributed by atoms with Gasteiger partial charge < -0.3 is 14.3 Å². The molecule has 0 amide bonds. The second kappa shape index (κ2) is 5.01. The molecule has 0 N–H and O–H groups in total. The first-order valence-electron chi connectivity index (χ1n) is 6.35. The Morgan fingerprint density at radius 3 is 2.61 bits per heavy atom. The molecule has 2 rings (SSSR count). The molecule has 1 unspecified atom stereocenters. The topological polar surface area (TPSA) is 35.5 Å². The van der Waals surface area contributed by atoms with Gasteiger partial charge in [-0.1, -0.05) is 26.8 Å². The highest BCUT2D eigenvalue weighted by Crippen LogP contribution is 2.36. The number of aldehydes is 1. The lowest BCUT2D eigenvalue weighted by Crippen LogP contribution is -2.26. The summed E-state index contributed by atoms with van der Waals surface area (Å²) in [5.41, 5.74) is 1.14. The minimum Gasteiger partial charge on any atom is -0.489 e. The average molecular weight is 248 g/mol. The first-order valence-corrected chi connectivity index (χ1v) is 6.35. The molecular weight excluding hydrogens is 228 g/mol. The van der Waals surface area contributed by atoms with Gasteiger partial charge in [-0.15, -0.1) is 0 Å². The van der Waals surface area contributed by atoms with Crippen molar-refractivity contribution in [1.82, 2.24) is 0 Å². The molecule has 1 aliphatic heterocycles. The summed E-state index contributed by atoms with van der Waals surface area (Å²) in [6.07, 6.45) is 1.49. The summed E-state index contributed by atoms with van der Waals surface area (Å²) in [5, 5.41) is 0. The lowest BCUT2D eigenvalue weighted by Gasteiger charge is -2.19. The fourth-order valence-electron chi connectivity index (χ4n) is 1.93. The van der Waals surface area contributed by atoms with Gasteiger partial charge in [-0.2, -0.15) is 0 Å². The highest BCUT2D eigenvalue weighted by Gasteiger charge is 2.25. The third kappa shape index (κ3) is 2.84. The maximum absolute atomic E-state index is 10.6. The van der Waals surface area contributed by atoms with Gasteiger partial charge in [0.05, 0.1) is 13.2 Å². The van der Waals surface area contributed by atoms with Gasteiger partial charge in [-0.05, 0) is 23.6 Å². The molecule has 0 spiro atoms. The number of carbonyl (C=O) groups excluding carboxylic acids is 1. The van der Waals surface area contributed by atoms with Crippen LogP contribution in [0.5, 0.6) is 11.5 Å². The zero-order valence-electron chi connectivity index (χ0n) is 11.2. The Morgan fingerprint density at radius 1 is 1.28 bits per heavy atom. The van der Waals surface area contributed by atoms with Crippen LogP contribution in [0.1, 0.15) is 38.7 Å². The summed E-state index contributed by atoms with van der Waals surface area (Å²) in [6.45, 7) is 7.58. The number of carbonyl (C=O) groups is 1. The molecule has 1 atom stereocenters. The molecule has 0 aromatic heterocycles. The van der Waals surface area contributed by atoms with Crippen molar-refractivity contribution >= 4 is 6.29 Å². The van der Waals surface area contributed by atoms with E-state index in [1.54, 1.807) is 0 Å². The smallest absolute Gasteiger partial charge is 0.161 e. The number of rotatable bonds is 3. The van der Waals surface area contributed by atoms with Crippen molar-refractivity contribution in [3.05, 3.63) is 23.8 Å². The maximum atomic E-state index is 10.6. The van der Waals surface area contributed by atoms with Gasteiger partial charge >= 0.3 is 0 Å². The van der Waals surface area contributed by atoms with E-state index in [0.29, 0.717) is 19.6 Å².